The molecule has 0 saturated carbocycles. The first-order valence-corrected chi connectivity index (χ1v) is 9.01. The van der Waals surface area contributed by atoms with E-state index in [0.717, 1.165) is 18.4 Å². The summed E-state index contributed by atoms with van der Waals surface area (Å²) in [5.74, 6) is 0.763. The lowest BCUT2D eigenvalue weighted by Crippen LogP contribution is -2.67. The minimum absolute atomic E-state index is 0.171. The molecule has 0 aromatic carbocycles. The fraction of sp³-hybridized carbons (Fsp3) is 0.625. The Morgan fingerprint density at radius 3 is 3.00 bits per heavy atom. The van der Waals surface area contributed by atoms with E-state index in [9.17, 15) is 4.79 Å². The van der Waals surface area contributed by atoms with Crippen LogP contribution in [0.5, 0.6) is 0 Å². The van der Waals surface area contributed by atoms with Gasteiger partial charge >= 0.3 is 0 Å². The zero-order valence-corrected chi connectivity index (χ0v) is 13.7. The zero-order chi connectivity index (χ0) is 15.4. The zero-order valence-electron chi connectivity index (χ0n) is 12.9. The number of amides is 1. The molecule has 1 amide bonds. The second-order valence-corrected chi connectivity index (χ2v) is 6.86. The van der Waals surface area contributed by atoms with Gasteiger partial charge in [0.2, 0.25) is 5.91 Å². The SMILES string of the molecule is CSCC(=O)N1CC2(CC(OCc3ccncc3)CCO2)C1. The number of nitrogens with zero attached hydrogens (tertiary/aromatic N) is 2. The summed E-state index contributed by atoms with van der Waals surface area (Å²) in [4.78, 5) is 17.8. The number of likely N-dealkylation sites (tertiary alicyclic amines) is 1. The van der Waals surface area contributed by atoms with Crippen LogP contribution in [0.1, 0.15) is 18.4 Å². The van der Waals surface area contributed by atoms with Crippen molar-refractivity contribution in [2.24, 2.45) is 0 Å². The van der Waals surface area contributed by atoms with E-state index in [4.69, 9.17) is 9.47 Å². The van der Waals surface area contributed by atoms with Crippen molar-refractivity contribution in [1.82, 2.24) is 9.88 Å². The predicted molar refractivity (Wildman–Crippen MR) is 85.7 cm³/mol. The number of aromatic nitrogens is 1. The van der Waals surface area contributed by atoms with Gasteiger partial charge in [-0.2, -0.15) is 11.8 Å². The molecule has 6 heteroatoms. The quantitative estimate of drug-likeness (QED) is 0.826. The fourth-order valence-electron chi connectivity index (χ4n) is 3.08. The minimum atomic E-state index is -0.171. The molecule has 120 valence electrons. The largest absolute Gasteiger partial charge is 0.373 e. The van der Waals surface area contributed by atoms with E-state index in [1.807, 2.05) is 23.3 Å². The first-order chi connectivity index (χ1) is 10.7. The maximum absolute atomic E-state index is 11.9. The Balaban J connectivity index is 1.47. The highest BCUT2D eigenvalue weighted by atomic mass is 32.2. The number of carbonyl (C=O) groups excluding carboxylic acids is 1. The van der Waals surface area contributed by atoms with E-state index in [1.165, 1.54) is 0 Å². The van der Waals surface area contributed by atoms with Gasteiger partial charge in [0, 0.05) is 25.4 Å². The number of carbonyl (C=O) groups is 1. The van der Waals surface area contributed by atoms with Crippen LogP contribution < -0.4 is 0 Å². The Labute approximate surface area is 135 Å². The van der Waals surface area contributed by atoms with E-state index in [-0.39, 0.29) is 17.6 Å². The third-order valence-corrected chi connectivity index (χ3v) is 4.80. The van der Waals surface area contributed by atoms with Crippen molar-refractivity contribution < 1.29 is 14.3 Å². The average molecular weight is 322 g/mol. The summed E-state index contributed by atoms with van der Waals surface area (Å²) < 4.78 is 12.0. The first kappa shape index (κ1) is 15.8. The number of rotatable bonds is 5. The standard InChI is InChI=1S/C16H22N2O3S/c1-22-10-15(19)18-11-16(12-18)8-14(4-7-21-16)20-9-13-2-5-17-6-3-13/h2-3,5-6,14H,4,7-12H2,1H3. The molecular weight excluding hydrogens is 300 g/mol. The van der Waals surface area contributed by atoms with E-state index in [1.54, 1.807) is 24.2 Å². The van der Waals surface area contributed by atoms with Crippen LogP contribution in [0.3, 0.4) is 0 Å². The Morgan fingerprint density at radius 2 is 2.27 bits per heavy atom. The maximum atomic E-state index is 11.9. The highest BCUT2D eigenvalue weighted by Crippen LogP contribution is 2.35. The van der Waals surface area contributed by atoms with E-state index < -0.39 is 0 Å². The molecule has 1 unspecified atom stereocenters. The van der Waals surface area contributed by atoms with Crippen LogP contribution in [-0.4, -0.2) is 59.2 Å². The Hall–Kier alpha value is -1.11. The van der Waals surface area contributed by atoms with Gasteiger partial charge in [0.15, 0.2) is 0 Å². The molecule has 5 nitrogen and oxygen atoms in total. The lowest BCUT2D eigenvalue weighted by molar-refractivity contribution is -0.201. The summed E-state index contributed by atoms with van der Waals surface area (Å²) in [6, 6.07) is 3.95. The van der Waals surface area contributed by atoms with Gasteiger partial charge in [0.1, 0.15) is 5.60 Å². The molecule has 0 radical (unpaired) electrons. The molecule has 3 rings (SSSR count). The van der Waals surface area contributed by atoms with Gasteiger partial charge in [0.05, 0.1) is 31.6 Å². The molecule has 1 aromatic heterocycles. The van der Waals surface area contributed by atoms with Crippen molar-refractivity contribution in [1.29, 1.82) is 0 Å². The Morgan fingerprint density at radius 1 is 1.50 bits per heavy atom. The normalized spacial score (nSPS) is 23.3. The van der Waals surface area contributed by atoms with Crippen LogP contribution in [-0.2, 0) is 20.9 Å². The van der Waals surface area contributed by atoms with Crippen molar-refractivity contribution in [3.63, 3.8) is 0 Å². The van der Waals surface area contributed by atoms with Crippen LogP contribution in [0.2, 0.25) is 0 Å². The molecule has 2 aliphatic heterocycles. The molecule has 3 heterocycles. The lowest BCUT2D eigenvalue weighted by Gasteiger charge is -2.53. The van der Waals surface area contributed by atoms with Crippen molar-refractivity contribution >= 4 is 17.7 Å². The highest BCUT2D eigenvalue weighted by Gasteiger charge is 2.49. The number of thioether (sulfide) groups is 1. The van der Waals surface area contributed by atoms with Crippen LogP contribution in [0, 0.1) is 0 Å². The van der Waals surface area contributed by atoms with E-state index in [0.29, 0.717) is 32.1 Å². The third kappa shape index (κ3) is 3.62. The van der Waals surface area contributed by atoms with Gasteiger partial charge in [-0.25, -0.2) is 0 Å². The maximum Gasteiger partial charge on any atom is 0.232 e. The number of ether oxygens (including phenoxy) is 2. The van der Waals surface area contributed by atoms with Crippen molar-refractivity contribution in [2.45, 2.75) is 31.2 Å². The highest BCUT2D eigenvalue weighted by molar-refractivity contribution is 7.99. The molecule has 1 spiro atoms. The fourth-order valence-corrected chi connectivity index (χ4v) is 3.51. The van der Waals surface area contributed by atoms with Crippen molar-refractivity contribution in [3.8, 4) is 0 Å². The summed E-state index contributed by atoms with van der Waals surface area (Å²) in [6.07, 6.45) is 7.52. The molecule has 0 N–H and O–H groups in total. The van der Waals surface area contributed by atoms with Gasteiger partial charge in [-0.15, -0.1) is 0 Å². The Bertz CT molecular complexity index is 505. The molecule has 22 heavy (non-hydrogen) atoms. The summed E-state index contributed by atoms with van der Waals surface area (Å²) in [5.41, 5.74) is 0.968. The van der Waals surface area contributed by atoms with Gasteiger partial charge in [0.25, 0.3) is 0 Å². The van der Waals surface area contributed by atoms with Gasteiger partial charge in [-0.1, -0.05) is 0 Å². The van der Waals surface area contributed by atoms with E-state index >= 15 is 0 Å². The monoisotopic (exact) mass is 322 g/mol. The smallest absolute Gasteiger partial charge is 0.232 e. The molecule has 1 atom stereocenters. The predicted octanol–water partition coefficient (Wildman–Crippen LogP) is 1.72. The molecule has 2 fully saturated rings. The first-order valence-electron chi connectivity index (χ1n) is 7.62. The Kier molecular flexibility index (Phi) is 5.00. The minimum Gasteiger partial charge on any atom is -0.373 e. The molecule has 0 aliphatic carbocycles. The summed E-state index contributed by atoms with van der Waals surface area (Å²) in [5, 5.41) is 0. The van der Waals surface area contributed by atoms with Gasteiger partial charge in [-0.3, -0.25) is 9.78 Å². The molecule has 0 bridgehead atoms. The van der Waals surface area contributed by atoms with E-state index in [2.05, 4.69) is 4.98 Å². The van der Waals surface area contributed by atoms with Crippen LogP contribution in [0.15, 0.2) is 24.5 Å². The van der Waals surface area contributed by atoms with Crippen LogP contribution in [0.4, 0.5) is 0 Å². The third-order valence-electron chi connectivity index (χ3n) is 4.26. The average Bonchev–Trinajstić information content (AvgIpc) is 2.52. The second-order valence-electron chi connectivity index (χ2n) is 6.00. The molecular formula is C16H22N2O3S. The summed E-state index contributed by atoms with van der Waals surface area (Å²) in [7, 11) is 0. The topological polar surface area (TPSA) is 51.7 Å². The molecule has 2 aliphatic rings. The van der Waals surface area contributed by atoms with Gasteiger partial charge < -0.3 is 14.4 Å². The number of hydrogen-bond acceptors (Lipinski definition) is 5. The number of hydrogen-bond donors (Lipinski definition) is 0. The van der Waals surface area contributed by atoms with Crippen molar-refractivity contribution in [3.05, 3.63) is 30.1 Å². The molecule has 1 aromatic rings. The van der Waals surface area contributed by atoms with Crippen LogP contribution in [0.25, 0.3) is 0 Å². The summed E-state index contributed by atoms with van der Waals surface area (Å²) >= 11 is 1.57. The molecule has 2 saturated heterocycles. The summed E-state index contributed by atoms with van der Waals surface area (Å²) in [6.45, 7) is 2.74. The number of pyridine rings is 1. The van der Waals surface area contributed by atoms with Gasteiger partial charge in [-0.05, 0) is 30.4 Å². The van der Waals surface area contributed by atoms with Crippen LogP contribution >= 0.6 is 11.8 Å². The van der Waals surface area contributed by atoms with Crippen molar-refractivity contribution in [2.75, 3.05) is 31.7 Å². The second kappa shape index (κ2) is 6.98. The lowest BCUT2D eigenvalue weighted by atomic mass is 9.84.